The fourth-order valence-electron chi connectivity index (χ4n) is 2.31. The molecule has 1 N–H and O–H groups in total. The van der Waals surface area contributed by atoms with Crippen molar-refractivity contribution < 1.29 is 14.3 Å². The fourth-order valence-corrected chi connectivity index (χ4v) is 2.31. The molecule has 4 rings (SSSR count). The number of rotatable bonds is 3. The van der Waals surface area contributed by atoms with Crippen LogP contribution in [0.3, 0.4) is 0 Å². The lowest BCUT2D eigenvalue weighted by Gasteiger charge is -2.25. The predicted molar refractivity (Wildman–Crippen MR) is 84.1 cm³/mol. The molecule has 0 radical (unpaired) electrons. The topological polar surface area (TPSA) is 91.2 Å². The molecule has 1 aliphatic heterocycles. The summed E-state index contributed by atoms with van der Waals surface area (Å²) in [6.07, 6.45) is 5.64. The number of hydrogen-bond donors (Lipinski definition) is 1. The Morgan fingerprint density at radius 2 is 2.12 bits per heavy atom. The quantitative estimate of drug-likeness (QED) is 0.784. The molecule has 1 aromatic carbocycles. The molecule has 0 spiro atoms. The van der Waals surface area contributed by atoms with Crippen molar-refractivity contribution in [2.75, 3.05) is 11.9 Å². The number of para-hydroxylation sites is 2. The smallest absolute Gasteiger partial charge is 0.270 e. The molecule has 24 heavy (non-hydrogen) atoms. The lowest BCUT2D eigenvalue weighted by Crippen LogP contribution is -2.40. The van der Waals surface area contributed by atoms with E-state index in [-0.39, 0.29) is 12.5 Å². The molecular weight excluding hydrogens is 310 g/mol. The van der Waals surface area contributed by atoms with Gasteiger partial charge in [-0.2, -0.15) is 0 Å². The van der Waals surface area contributed by atoms with E-state index >= 15 is 0 Å². The minimum Gasteiger partial charge on any atom is -0.485 e. The van der Waals surface area contributed by atoms with Crippen LogP contribution in [0.1, 0.15) is 0 Å². The molecule has 1 atom stereocenters. The zero-order valence-corrected chi connectivity index (χ0v) is 12.5. The SMILES string of the molecule is O=C(Nc1cc(-n2ccnc2)ncn1)C1COc2ccccc2O1. The van der Waals surface area contributed by atoms with Crippen LogP contribution in [-0.4, -0.2) is 38.1 Å². The van der Waals surface area contributed by atoms with Gasteiger partial charge < -0.3 is 14.8 Å². The maximum absolute atomic E-state index is 12.4. The maximum atomic E-state index is 12.4. The molecule has 1 unspecified atom stereocenters. The van der Waals surface area contributed by atoms with Crippen LogP contribution in [0.5, 0.6) is 11.5 Å². The average molecular weight is 323 g/mol. The van der Waals surface area contributed by atoms with Crippen LogP contribution in [0.2, 0.25) is 0 Å². The van der Waals surface area contributed by atoms with E-state index in [0.717, 1.165) is 0 Å². The van der Waals surface area contributed by atoms with Gasteiger partial charge in [-0.25, -0.2) is 15.0 Å². The maximum Gasteiger partial charge on any atom is 0.270 e. The van der Waals surface area contributed by atoms with Crippen LogP contribution in [0.25, 0.3) is 5.82 Å². The van der Waals surface area contributed by atoms with Crippen molar-refractivity contribution in [2.45, 2.75) is 6.10 Å². The Bertz CT molecular complexity index is 866. The van der Waals surface area contributed by atoms with Gasteiger partial charge in [-0.15, -0.1) is 0 Å². The number of carbonyl (C=O) groups is 1. The first-order valence-electron chi connectivity index (χ1n) is 7.29. The molecule has 0 fully saturated rings. The van der Waals surface area contributed by atoms with E-state index in [4.69, 9.17) is 9.47 Å². The van der Waals surface area contributed by atoms with E-state index in [1.807, 2.05) is 12.1 Å². The van der Waals surface area contributed by atoms with Crippen LogP contribution < -0.4 is 14.8 Å². The number of ether oxygens (including phenoxy) is 2. The van der Waals surface area contributed by atoms with Gasteiger partial charge >= 0.3 is 0 Å². The number of hydrogen-bond acceptors (Lipinski definition) is 6. The number of benzene rings is 1. The Hall–Kier alpha value is -3.42. The monoisotopic (exact) mass is 323 g/mol. The van der Waals surface area contributed by atoms with Gasteiger partial charge in [0.25, 0.3) is 5.91 Å². The summed E-state index contributed by atoms with van der Waals surface area (Å²) in [4.78, 5) is 24.5. The normalized spacial score (nSPS) is 15.8. The highest BCUT2D eigenvalue weighted by Crippen LogP contribution is 2.31. The molecule has 1 amide bonds. The third-order valence-corrected chi connectivity index (χ3v) is 3.47. The molecule has 3 aromatic rings. The van der Waals surface area contributed by atoms with E-state index in [1.54, 1.807) is 41.5 Å². The standard InChI is InChI=1S/C16H13N5O3/c22-16(13-8-23-11-3-1-2-4-12(11)24-13)20-14-7-15(19-9-18-14)21-6-5-17-10-21/h1-7,9-10,13H,8H2,(H,18,19,20,22). The van der Waals surface area contributed by atoms with Gasteiger partial charge in [-0.3, -0.25) is 9.36 Å². The summed E-state index contributed by atoms with van der Waals surface area (Å²) in [5, 5.41) is 2.72. The number of aromatic nitrogens is 4. The molecular formula is C16H13N5O3. The minimum absolute atomic E-state index is 0.141. The number of amides is 1. The first-order chi connectivity index (χ1) is 11.8. The summed E-state index contributed by atoms with van der Waals surface area (Å²) in [7, 11) is 0. The zero-order chi connectivity index (χ0) is 16.4. The van der Waals surface area contributed by atoms with E-state index in [2.05, 4.69) is 20.3 Å². The van der Waals surface area contributed by atoms with Crippen molar-refractivity contribution in [1.82, 2.24) is 19.5 Å². The van der Waals surface area contributed by atoms with Crippen molar-refractivity contribution in [3.63, 3.8) is 0 Å². The Labute approximate surface area is 137 Å². The number of nitrogens with one attached hydrogen (secondary N) is 1. The Morgan fingerprint density at radius 3 is 2.96 bits per heavy atom. The van der Waals surface area contributed by atoms with E-state index < -0.39 is 6.10 Å². The summed E-state index contributed by atoms with van der Waals surface area (Å²) in [6, 6.07) is 8.88. The van der Waals surface area contributed by atoms with Crippen LogP contribution in [0.15, 0.2) is 55.4 Å². The number of carbonyl (C=O) groups excluding carboxylic acids is 1. The van der Waals surface area contributed by atoms with Gasteiger partial charge in [0.1, 0.15) is 30.9 Å². The lowest BCUT2D eigenvalue weighted by atomic mass is 10.2. The highest BCUT2D eigenvalue weighted by molar-refractivity contribution is 5.94. The van der Waals surface area contributed by atoms with Gasteiger partial charge in [0, 0.05) is 18.5 Å². The molecule has 3 heterocycles. The first kappa shape index (κ1) is 14.2. The third-order valence-electron chi connectivity index (χ3n) is 3.47. The second kappa shape index (κ2) is 5.99. The van der Waals surface area contributed by atoms with Crippen molar-refractivity contribution in [2.24, 2.45) is 0 Å². The molecule has 2 aromatic heterocycles. The Morgan fingerprint density at radius 1 is 1.25 bits per heavy atom. The van der Waals surface area contributed by atoms with E-state index in [9.17, 15) is 4.79 Å². The van der Waals surface area contributed by atoms with E-state index in [1.165, 1.54) is 6.33 Å². The van der Waals surface area contributed by atoms with Crippen LogP contribution >= 0.6 is 0 Å². The molecule has 1 aliphatic rings. The van der Waals surface area contributed by atoms with Gasteiger partial charge in [-0.1, -0.05) is 12.1 Å². The number of anilines is 1. The lowest BCUT2D eigenvalue weighted by molar-refractivity contribution is -0.125. The van der Waals surface area contributed by atoms with Gasteiger partial charge in [-0.05, 0) is 12.1 Å². The molecule has 0 aliphatic carbocycles. The zero-order valence-electron chi connectivity index (χ0n) is 12.5. The molecule has 0 saturated carbocycles. The average Bonchev–Trinajstić information content (AvgIpc) is 3.16. The van der Waals surface area contributed by atoms with Gasteiger partial charge in [0.15, 0.2) is 11.5 Å². The van der Waals surface area contributed by atoms with Crippen molar-refractivity contribution in [1.29, 1.82) is 0 Å². The number of nitrogens with zero attached hydrogens (tertiary/aromatic N) is 4. The van der Waals surface area contributed by atoms with E-state index in [0.29, 0.717) is 23.1 Å². The van der Waals surface area contributed by atoms with Crippen LogP contribution in [0, 0.1) is 0 Å². The van der Waals surface area contributed by atoms with Crippen LogP contribution in [-0.2, 0) is 4.79 Å². The molecule has 0 saturated heterocycles. The summed E-state index contributed by atoms with van der Waals surface area (Å²) in [5.74, 6) is 1.82. The first-order valence-corrected chi connectivity index (χ1v) is 7.29. The van der Waals surface area contributed by atoms with Crippen molar-refractivity contribution in [3.8, 4) is 17.3 Å². The highest BCUT2D eigenvalue weighted by atomic mass is 16.6. The summed E-state index contributed by atoms with van der Waals surface area (Å²) >= 11 is 0. The summed E-state index contributed by atoms with van der Waals surface area (Å²) < 4.78 is 12.9. The second-order valence-corrected chi connectivity index (χ2v) is 5.08. The number of fused-ring (bicyclic) bond motifs is 1. The molecule has 8 nitrogen and oxygen atoms in total. The Balaban J connectivity index is 1.48. The third kappa shape index (κ3) is 2.76. The molecule has 120 valence electrons. The second-order valence-electron chi connectivity index (χ2n) is 5.08. The summed E-state index contributed by atoms with van der Waals surface area (Å²) in [6.45, 7) is 0.141. The number of imidazole rings is 1. The largest absolute Gasteiger partial charge is 0.485 e. The molecule has 8 heteroatoms. The van der Waals surface area contributed by atoms with Gasteiger partial charge in [0.05, 0.1) is 0 Å². The molecule has 0 bridgehead atoms. The fraction of sp³-hybridized carbons (Fsp3) is 0.125. The minimum atomic E-state index is -0.744. The van der Waals surface area contributed by atoms with Gasteiger partial charge in [0.2, 0.25) is 6.10 Å². The van der Waals surface area contributed by atoms with Crippen LogP contribution in [0.4, 0.5) is 5.82 Å². The van der Waals surface area contributed by atoms with Crippen molar-refractivity contribution >= 4 is 11.7 Å². The Kier molecular flexibility index (Phi) is 3.54. The highest BCUT2D eigenvalue weighted by Gasteiger charge is 2.27. The predicted octanol–water partition coefficient (Wildman–Crippen LogP) is 1.44. The summed E-state index contributed by atoms with van der Waals surface area (Å²) in [5.41, 5.74) is 0. The van der Waals surface area contributed by atoms with Crippen molar-refractivity contribution in [3.05, 3.63) is 55.4 Å².